The highest BCUT2D eigenvalue weighted by Gasteiger charge is 2.24. The van der Waals surface area contributed by atoms with Gasteiger partial charge in [0.05, 0.1) is 10.9 Å². The second kappa shape index (κ2) is 6.73. The number of nitrogens with zero attached hydrogens (tertiary/aromatic N) is 1. The Bertz CT molecular complexity index is 892. The molecule has 0 spiro atoms. The highest BCUT2D eigenvalue weighted by Crippen LogP contribution is 2.32. The summed E-state index contributed by atoms with van der Waals surface area (Å²) in [6, 6.07) is 4.78. The Morgan fingerprint density at radius 2 is 1.92 bits per heavy atom. The monoisotopic (exact) mass is 367 g/mol. The molecular formula is C15H17N3O6S. The van der Waals surface area contributed by atoms with Gasteiger partial charge in [0.1, 0.15) is 19.0 Å². The van der Waals surface area contributed by atoms with Crippen LogP contribution in [0.2, 0.25) is 0 Å². The molecule has 0 fully saturated rings. The molecule has 0 aliphatic carbocycles. The van der Waals surface area contributed by atoms with E-state index in [2.05, 4.69) is 15.2 Å². The number of hydrogen-bond acceptors (Lipinski definition) is 7. The first-order valence-corrected chi connectivity index (χ1v) is 8.99. The number of sulfonamides is 1. The number of anilines is 1. The van der Waals surface area contributed by atoms with Crippen LogP contribution in [0.15, 0.2) is 33.7 Å². The van der Waals surface area contributed by atoms with Gasteiger partial charge < -0.3 is 19.3 Å². The minimum Gasteiger partial charge on any atom is -0.486 e. The average molecular weight is 367 g/mol. The minimum atomic E-state index is -3.92. The molecule has 1 amide bonds. The summed E-state index contributed by atoms with van der Waals surface area (Å²) in [5.74, 6) is 1.02. The van der Waals surface area contributed by atoms with Crippen molar-refractivity contribution in [2.75, 3.05) is 18.5 Å². The van der Waals surface area contributed by atoms with E-state index in [1.54, 1.807) is 6.92 Å². The standard InChI is InChI=1S/C15H17N3O6S/c1-9-7-14(17-24-9)16-15(19)10(2)18-25(20,21)11-3-4-12-13(8-11)23-6-5-22-12/h3-4,7-8,10,18H,5-6H2,1-2H3,(H,16,17,19)/t10-/m1/s1. The highest BCUT2D eigenvalue weighted by atomic mass is 32.2. The molecule has 10 heteroatoms. The Labute approximate surface area is 144 Å². The zero-order valence-corrected chi connectivity index (χ0v) is 14.4. The molecule has 1 atom stereocenters. The molecular weight excluding hydrogens is 350 g/mol. The number of amides is 1. The molecule has 0 bridgehead atoms. The molecule has 134 valence electrons. The smallest absolute Gasteiger partial charge is 0.243 e. The van der Waals surface area contributed by atoms with E-state index in [4.69, 9.17) is 14.0 Å². The lowest BCUT2D eigenvalue weighted by Gasteiger charge is -2.19. The third kappa shape index (κ3) is 3.91. The molecule has 25 heavy (non-hydrogen) atoms. The first-order valence-electron chi connectivity index (χ1n) is 7.51. The van der Waals surface area contributed by atoms with Gasteiger partial charge in [-0.1, -0.05) is 5.16 Å². The van der Waals surface area contributed by atoms with Crippen molar-refractivity contribution in [1.29, 1.82) is 0 Å². The van der Waals surface area contributed by atoms with Crippen LogP contribution in [-0.4, -0.2) is 38.7 Å². The molecule has 1 aliphatic heterocycles. The van der Waals surface area contributed by atoms with E-state index in [1.165, 1.54) is 31.2 Å². The number of fused-ring (bicyclic) bond motifs is 1. The fourth-order valence-electron chi connectivity index (χ4n) is 2.20. The van der Waals surface area contributed by atoms with Crippen LogP contribution in [0, 0.1) is 6.92 Å². The maximum Gasteiger partial charge on any atom is 0.243 e. The number of nitrogens with one attached hydrogen (secondary N) is 2. The van der Waals surface area contributed by atoms with E-state index >= 15 is 0 Å². The maximum absolute atomic E-state index is 12.5. The van der Waals surface area contributed by atoms with Crippen molar-refractivity contribution in [2.24, 2.45) is 0 Å². The van der Waals surface area contributed by atoms with Crippen LogP contribution in [0.1, 0.15) is 12.7 Å². The Morgan fingerprint density at radius 3 is 2.60 bits per heavy atom. The Hall–Kier alpha value is -2.59. The van der Waals surface area contributed by atoms with Gasteiger partial charge in [-0.2, -0.15) is 4.72 Å². The van der Waals surface area contributed by atoms with Crippen molar-refractivity contribution < 1.29 is 27.2 Å². The molecule has 2 aromatic rings. The lowest BCUT2D eigenvalue weighted by Crippen LogP contribution is -2.41. The molecule has 3 rings (SSSR count). The summed E-state index contributed by atoms with van der Waals surface area (Å²) in [6.45, 7) is 3.87. The third-order valence-corrected chi connectivity index (χ3v) is 4.97. The van der Waals surface area contributed by atoms with E-state index in [1.807, 2.05) is 0 Å². The van der Waals surface area contributed by atoms with Gasteiger partial charge in [0.2, 0.25) is 15.9 Å². The molecule has 9 nitrogen and oxygen atoms in total. The summed E-state index contributed by atoms with van der Waals surface area (Å²) in [5, 5.41) is 6.10. The Kier molecular flexibility index (Phi) is 4.64. The van der Waals surface area contributed by atoms with E-state index in [-0.39, 0.29) is 10.7 Å². The number of hydrogen-bond donors (Lipinski definition) is 2. The van der Waals surface area contributed by atoms with Crippen LogP contribution in [-0.2, 0) is 14.8 Å². The average Bonchev–Trinajstić information content (AvgIpc) is 2.98. The summed E-state index contributed by atoms with van der Waals surface area (Å²) >= 11 is 0. The van der Waals surface area contributed by atoms with E-state index in [9.17, 15) is 13.2 Å². The van der Waals surface area contributed by atoms with Crippen molar-refractivity contribution in [2.45, 2.75) is 24.8 Å². The molecule has 2 heterocycles. The summed E-state index contributed by atoms with van der Waals surface area (Å²) in [7, 11) is -3.92. The van der Waals surface area contributed by atoms with Crippen LogP contribution in [0.3, 0.4) is 0 Å². The van der Waals surface area contributed by atoms with Gasteiger partial charge in [0, 0.05) is 12.1 Å². The second-order valence-corrected chi connectivity index (χ2v) is 7.17. The van der Waals surface area contributed by atoms with Crippen LogP contribution in [0.25, 0.3) is 0 Å². The number of aromatic nitrogens is 1. The molecule has 1 aromatic heterocycles. The van der Waals surface area contributed by atoms with Gasteiger partial charge in [0.15, 0.2) is 17.3 Å². The number of aryl methyl sites for hydroxylation is 1. The molecule has 0 saturated carbocycles. The van der Waals surface area contributed by atoms with Crippen LogP contribution in [0.5, 0.6) is 11.5 Å². The first kappa shape index (κ1) is 17.2. The largest absolute Gasteiger partial charge is 0.486 e. The SMILES string of the molecule is Cc1cc(NC(=O)[C@@H](C)NS(=O)(=O)c2ccc3c(c2)OCCO3)no1. The molecule has 0 unspecified atom stereocenters. The molecule has 1 aliphatic rings. The van der Waals surface area contributed by atoms with Crippen LogP contribution in [0.4, 0.5) is 5.82 Å². The van der Waals surface area contributed by atoms with Crippen molar-refractivity contribution in [1.82, 2.24) is 9.88 Å². The van der Waals surface area contributed by atoms with Gasteiger partial charge >= 0.3 is 0 Å². The van der Waals surface area contributed by atoms with Gasteiger partial charge in [-0.25, -0.2) is 8.42 Å². The number of carbonyl (C=O) groups excluding carboxylic acids is 1. The van der Waals surface area contributed by atoms with Crippen molar-refractivity contribution in [3.8, 4) is 11.5 Å². The van der Waals surface area contributed by atoms with Gasteiger partial charge in [0.25, 0.3) is 0 Å². The predicted molar refractivity (Wildman–Crippen MR) is 87.1 cm³/mol. The number of benzene rings is 1. The summed E-state index contributed by atoms with van der Waals surface area (Å²) in [6.07, 6.45) is 0. The number of rotatable bonds is 5. The van der Waals surface area contributed by atoms with E-state index < -0.39 is 22.0 Å². The van der Waals surface area contributed by atoms with Gasteiger partial charge in [-0.05, 0) is 26.0 Å². The quantitative estimate of drug-likeness (QED) is 0.811. The third-order valence-electron chi connectivity index (χ3n) is 3.43. The molecule has 2 N–H and O–H groups in total. The minimum absolute atomic E-state index is 0.0197. The van der Waals surface area contributed by atoms with Gasteiger partial charge in [-0.3, -0.25) is 4.79 Å². The molecule has 1 aromatic carbocycles. The molecule has 0 radical (unpaired) electrons. The second-order valence-electron chi connectivity index (χ2n) is 5.46. The van der Waals surface area contributed by atoms with E-state index in [0.29, 0.717) is 30.5 Å². The number of ether oxygens (including phenoxy) is 2. The normalized spacial score (nSPS) is 14.8. The first-order chi connectivity index (χ1) is 11.8. The van der Waals surface area contributed by atoms with Crippen LogP contribution < -0.4 is 19.5 Å². The molecule has 0 saturated heterocycles. The number of carbonyl (C=O) groups is 1. The zero-order valence-electron chi connectivity index (χ0n) is 13.6. The Balaban J connectivity index is 1.71. The highest BCUT2D eigenvalue weighted by molar-refractivity contribution is 7.89. The van der Waals surface area contributed by atoms with Gasteiger partial charge in [-0.15, -0.1) is 0 Å². The predicted octanol–water partition coefficient (Wildman–Crippen LogP) is 1.06. The van der Waals surface area contributed by atoms with Crippen molar-refractivity contribution in [3.05, 3.63) is 30.0 Å². The topological polar surface area (TPSA) is 120 Å². The van der Waals surface area contributed by atoms with Crippen LogP contribution >= 0.6 is 0 Å². The summed E-state index contributed by atoms with van der Waals surface area (Å²) in [4.78, 5) is 12.1. The lowest BCUT2D eigenvalue weighted by molar-refractivity contribution is -0.117. The lowest BCUT2D eigenvalue weighted by atomic mass is 10.3. The fraction of sp³-hybridized carbons (Fsp3) is 0.333. The zero-order chi connectivity index (χ0) is 18.0. The maximum atomic E-state index is 12.5. The van der Waals surface area contributed by atoms with Crippen molar-refractivity contribution in [3.63, 3.8) is 0 Å². The Morgan fingerprint density at radius 1 is 1.20 bits per heavy atom. The van der Waals surface area contributed by atoms with E-state index in [0.717, 1.165) is 0 Å². The fourth-order valence-corrected chi connectivity index (χ4v) is 3.42. The van der Waals surface area contributed by atoms with Crippen molar-refractivity contribution >= 4 is 21.7 Å². The summed E-state index contributed by atoms with van der Waals surface area (Å²) < 4.78 is 42.8. The summed E-state index contributed by atoms with van der Waals surface area (Å²) in [5.41, 5.74) is 0.